The maximum atomic E-state index is 13.7. The number of fused-ring (bicyclic) bond motifs is 1. The van der Waals surface area contributed by atoms with E-state index in [0.717, 1.165) is 52.0 Å². The second-order valence-corrected chi connectivity index (χ2v) is 9.54. The van der Waals surface area contributed by atoms with Crippen LogP contribution < -0.4 is 4.90 Å². The van der Waals surface area contributed by atoms with Crippen molar-refractivity contribution in [2.75, 3.05) is 11.4 Å². The number of pyridine rings is 1. The maximum absolute atomic E-state index is 13.7. The first kappa shape index (κ1) is 19.0. The zero-order chi connectivity index (χ0) is 20.9. The summed E-state index contributed by atoms with van der Waals surface area (Å²) < 4.78 is 15.5. The summed E-state index contributed by atoms with van der Waals surface area (Å²) in [7, 11) is 0. The third-order valence-electron chi connectivity index (χ3n) is 5.31. The molecular formula is C21H22FN7S. The van der Waals surface area contributed by atoms with E-state index < -0.39 is 0 Å². The Morgan fingerprint density at radius 3 is 2.80 bits per heavy atom. The van der Waals surface area contributed by atoms with Gasteiger partial charge in [-0.15, -0.1) is 10.2 Å². The fraction of sp³-hybridized carbons (Fsp3) is 0.381. The fourth-order valence-corrected chi connectivity index (χ4v) is 4.71. The van der Waals surface area contributed by atoms with E-state index in [1.807, 2.05) is 12.3 Å². The van der Waals surface area contributed by atoms with Crippen LogP contribution in [-0.4, -0.2) is 36.3 Å². The van der Waals surface area contributed by atoms with Gasteiger partial charge in [0, 0.05) is 24.4 Å². The van der Waals surface area contributed by atoms with E-state index in [2.05, 4.69) is 46.0 Å². The van der Waals surface area contributed by atoms with Crippen LogP contribution in [-0.2, 0) is 5.41 Å². The van der Waals surface area contributed by atoms with Gasteiger partial charge < -0.3 is 4.90 Å². The molecule has 5 rings (SSSR count). The van der Waals surface area contributed by atoms with Crippen LogP contribution in [0.1, 0.15) is 50.2 Å². The lowest BCUT2D eigenvalue weighted by Crippen LogP contribution is -2.24. The monoisotopic (exact) mass is 423 g/mol. The summed E-state index contributed by atoms with van der Waals surface area (Å²) in [6.45, 7) is 7.23. The summed E-state index contributed by atoms with van der Waals surface area (Å²) in [6, 6.07) is 3.58. The molecule has 0 spiro atoms. The number of hydrogen-bond acceptors (Lipinski definition) is 7. The maximum Gasteiger partial charge on any atom is 0.167 e. The van der Waals surface area contributed by atoms with Crippen LogP contribution in [0.25, 0.3) is 16.2 Å². The van der Waals surface area contributed by atoms with Gasteiger partial charge in [0.25, 0.3) is 0 Å². The molecule has 1 unspecified atom stereocenters. The minimum atomic E-state index is -0.313. The van der Waals surface area contributed by atoms with Crippen LogP contribution in [0.2, 0.25) is 0 Å². The molecule has 1 aliphatic heterocycles. The highest BCUT2D eigenvalue weighted by Gasteiger charge is 2.28. The number of hydrogen-bond donors (Lipinski definition) is 0. The molecule has 0 saturated carbocycles. The Hall–Kier alpha value is -2.94. The lowest BCUT2D eigenvalue weighted by Gasteiger charge is -2.26. The molecule has 1 aliphatic rings. The average molecular weight is 424 g/mol. The average Bonchev–Trinajstić information content (AvgIpc) is 3.45. The van der Waals surface area contributed by atoms with Crippen molar-refractivity contribution in [1.29, 1.82) is 0 Å². The molecule has 30 heavy (non-hydrogen) atoms. The first-order chi connectivity index (χ1) is 14.4. The largest absolute Gasteiger partial charge is 0.349 e. The second-order valence-electron chi connectivity index (χ2n) is 8.56. The predicted molar refractivity (Wildman–Crippen MR) is 114 cm³/mol. The van der Waals surface area contributed by atoms with Crippen LogP contribution in [0.5, 0.6) is 0 Å². The van der Waals surface area contributed by atoms with Crippen LogP contribution in [0.4, 0.5) is 10.2 Å². The Balaban J connectivity index is 1.53. The summed E-state index contributed by atoms with van der Waals surface area (Å²) in [5, 5.41) is 15.0. The normalized spacial score (nSPS) is 17.2. The molecule has 7 nitrogen and oxygen atoms in total. The van der Waals surface area contributed by atoms with Gasteiger partial charge in [-0.05, 0) is 30.5 Å². The molecule has 0 radical (unpaired) electrons. The van der Waals surface area contributed by atoms with E-state index in [-0.39, 0.29) is 17.3 Å². The zero-order valence-electron chi connectivity index (χ0n) is 17.1. The van der Waals surface area contributed by atoms with E-state index in [0.29, 0.717) is 0 Å². The Kier molecular flexibility index (Phi) is 4.50. The van der Waals surface area contributed by atoms with E-state index in [9.17, 15) is 4.39 Å². The van der Waals surface area contributed by atoms with Gasteiger partial charge in [-0.1, -0.05) is 32.1 Å². The van der Waals surface area contributed by atoms with E-state index in [4.69, 9.17) is 4.98 Å². The second kappa shape index (κ2) is 7.09. The van der Waals surface area contributed by atoms with Gasteiger partial charge in [0.1, 0.15) is 16.6 Å². The van der Waals surface area contributed by atoms with Crippen LogP contribution in [0.15, 0.2) is 36.9 Å². The molecule has 0 bridgehead atoms. The highest BCUT2D eigenvalue weighted by Crippen LogP contribution is 2.37. The van der Waals surface area contributed by atoms with Crippen LogP contribution in [0, 0.1) is 5.82 Å². The quantitative estimate of drug-likeness (QED) is 0.486. The molecular weight excluding hydrogens is 401 g/mol. The number of aromatic nitrogens is 6. The number of anilines is 1. The molecule has 5 heterocycles. The molecule has 0 amide bonds. The first-order valence-corrected chi connectivity index (χ1v) is 10.8. The van der Waals surface area contributed by atoms with Gasteiger partial charge >= 0.3 is 0 Å². The van der Waals surface area contributed by atoms with Gasteiger partial charge in [0.05, 0.1) is 24.0 Å². The van der Waals surface area contributed by atoms with Crippen molar-refractivity contribution in [2.24, 2.45) is 0 Å². The van der Waals surface area contributed by atoms with Gasteiger partial charge in [-0.2, -0.15) is 5.10 Å². The first-order valence-electron chi connectivity index (χ1n) is 9.96. The van der Waals surface area contributed by atoms with Crippen molar-refractivity contribution >= 4 is 22.8 Å². The van der Waals surface area contributed by atoms with Crippen molar-refractivity contribution in [1.82, 2.24) is 29.8 Å². The minimum Gasteiger partial charge on any atom is -0.349 e. The Bertz CT molecular complexity index is 1210. The van der Waals surface area contributed by atoms with Crippen molar-refractivity contribution in [3.05, 3.63) is 53.3 Å². The summed E-state index contributed by atoms with van der Waals surface area (Å²) in [5.74, 6) is 0.531. The summed E-state index contributed by atoms with van der Waals surface area (Å²) in [6.07, 6.45) is 8.63. The molecule has 4 aromatic heterocycles. The standard InChI is InChI=1S/C21H22FN7S/c1-21(2,3)20-27-26-19(30-20)15-12-24-29-8-6-17(25-18(15)29)28-7-4-5-16(28)13-9-14(22)11-23-10-13/h6,8-12,16H,4-5,7H2,1-3H3. The van der Waals surface area contributed by atoms with Crippen molar-refractivity contribution in [3.8, 4) is 10.6 Å². The molecule has 0 aliphatic carbocycles. The van der Waals surface area contributed by atoms with Crippen molar-refractivity contribution in [2.45, 2.75) is 45.1 Å². The topological polar surface area (TPSA) is 72.1 Å². The van der Waals surface area contributed by atoms with Gasteiger partial charge in [-0.3, -0.25) is 4.98 Å². The fourth-order valence-electron chi connectivity index (χ4n) is 3.80. The predicted octanol–water partition coefficient (Wildman–Crippen LogP) is 4.42. The SMILES string of the molecule is CC(C)(C)c1nnc(-c2cnn3ccc(N4CCCC4c4cncc(F)c4)nc23)s1. The minimum absolute atomic E-state index is 0.0563. The molecule has 1 atom stereocenters. The van der Waals surface area contributed by atoms with Crippen LogP contribution >= 0.6 is 11.3 Å². The van der Waals surface area contributed by atoms with Crippen molar-refractivity contribution < 1.29 is 4.39 Å². The molecule has 4 aromatic rings. The third-order valence-corrected chi connectivity index (χ3v) is 6.69. The third kappa shape index (κ3) is 3.32. The Labute approximate surface area is 177 Å². The van der Waals surface area contributed by atoms with E-state index in [1.54, 1.807) is 34.3 Å². The number of halogens is 1. The van der Waals surface area contributed by atoms with E-state index in [1.165, 1.54) is 6.20 Å². The molecule has 154 valence electrons. The van der Waals surface area contributed by atoms with Gasteiger partial charge in [0.2, 0.25) is 0 Å². The lowest BCUT2D eigenvalue weighted by molar-refractivity contribution is 0.578. The number of nitrogens with zero attached hydrogens (tertiary/aromatic N) is 7. The lowest BCUT2D eigenvalue weighted by atomic mass is 9.98. The summed E-state index contributed by atoms with van der Waals surface area (Å²) in [4.78, 5) is 11.2. The van der Waals surface area contributed by atoms with E-state index >= 15 is 0 Å². The zero-order valence-corrected chi connectivity index (χ0v) is 17.9. The van der Waals surface area contributed by atoms with Crippen LogP contribution in [0.3, 0.4) is 0 Å². The smallest absolute Gasteiger partial charge is 0.167 e. The summed E-state index contributed by atoms with van der Waals surface area (Å²) >= 11 is 1.57. The number of rotatable bonds is 3. The molecule has 0 aromatic carbocycles. The Morgan fingerprint density at radius 1 is 1.17 bits per heavy atom. The molecule has 9 heteroatoms. The molecule has 1 fully saturated rings. The van der Waals surface area contributed by atoms with Gasteiger partial charge in [-0.25, -0.2) is 13.9 Å². The molecule has 0 N–H and O–H groups in total. The van der Waals surface area contributed by atoms with Gasteiger partial charge in [0.15, 0.2) is 10.7 Å². The Morgan fingerprint density at radius 2 is 2.03 bits per heavy atom. The highest BCUT2D eigenvalue weighted by atomic mass is 32.1. The highest BCUT2D eigenvalue weighted by molar-refractivity contribution is 7.14. The summed E-state index contributed by atoms with van der Waals surface area (Å²) in [5.41, 5.74) is 2.43. The molecule has 1 saturated heterocycles. The van der Waals surface area contributed by atoms with Crippen molar-refractivity contribution in [3.63, 3.8) is 0 Å².